The van der Waals surface area contributed by atoms with Gasteiger partial charge < -0.3 is 9.64 Å². The lowest BCUT2D eigenvalue weighted by Gasteiger charge is -2.34. The third kappa shape index (κ3) is 2.42. The Labute approximate surface area is 129 Å². The van der Waals surface area contributed by atoms with Gasteiger partial charge in [0.15, 0.2) is 0 Å². The standard InChI is InChI=1S/C18H17N3O/c1-2-6-14(7-3-1)17-12-21(10-11-22-17)18-15-8-4-5-9-16(15)19-13-20-18/h1-9,13,17H,10-12H2/t17-/m0/s1. The maximum atomic E-state index is 5.94. The Morgan fingerprint density at radius 2 is 1.77 bits per heavy atom. The van der Waals surface area contributed by atoms with E-state index in [1.165, 1.54) is 5.56 Å². The molecule has 4 rings (SSSR count). The average molecular weight is 291 g/mol. The Morgan fingerprint density at radius 3 is 2.68 bits per heavy atom. The van der Waals surface area contributed by atoms with E-state index in [0.717, 1.165) is 29.8 Å². The van der Waals surface area contributed by atoms with Crippen LogP contribution in [0, 0.1) is 0 Å². The molecule has 4 nitrogen and oxygen atoms in total. The van der Waals surface area contributed by atoms with Crippen molar-refractivity contribution in [3.8, 4) is 0 Å². The molecule has 0 radical (unpaired) electrons. The Balaban J connectivity index is 1.67. The van der Waals surface area contributed by atoms with Gasteiger partial charge in [-0.3, -0.25) is 0 Å². The predicted molar refractivity (Wildman–Crippen MR) is 86.9 cm³/mol. The lowest BCUT2D eigenvalue weighted by Crippen LogP contribution is -2.39. The van der Waals surface area contributed by atoms with Crippen LogP contribution in [-0.4, -0.2) is 29.7 Å². The Hall–Kier alpha value is -2.46. The van der Waals surface area contributed by atoms with Crippen molar-refractivity contribution in [1.29, 1.82) is 0 Å². The molecular formula is C18H17N3O. The number of hydrogen-bond acceptors (Lipinski definition) is 4. The van der Waals surface area contributed by atoms with E-state index in [1.54, 1.807) is 6.33 Å². The number of aromatic nitrogens is 2. The average Bonchev–Trinajstić information content (AvgIpc) is 2.62. The fourth-order valence-electron chi connectivity index (χ4n) is 2.95. The summed E-state index contributed by atoms with van der Waals surface area (Å²) >= 11 is 0. The summed E-state index contributed by atoms with van der Waals surface area (Å²) in [6.07, 6.45) is 1.73. The first-order chi connectivity index (χ1) is 10.9. The molecular weight excluding hydrogens is 274 g/mol. The molecule has 0 bridgehead atoms. The molecule has 0 aliphatic carbocycles. The lowest BCUT2D eigenvalue weighted by molar-refractivity contribution is 0.0396. The minimum atomic E-state index is 0.0867. The van der Waals surface area contributed by atoms with Crippen LogP contribution < -0.4 is 4.90 Å². The summed E-state index contributed by atoms with van der Waals surface area (Å²) in [6, 6.07) is 18.5. The first kappa shape index (κ1) is 13.2. The molecule has 110 valence electrons. The first-order valence-corrected chi connectivity index (χ1v) is 7.53. The van der Waals surface area contributed by atoms with Crippen LogP contribution in [-0.2, 0) is 4.74 Å². The molecule has 2 heterocycles. The lowest BCUT2D eigenvalue weighted by atomic mass is 10.1. The molecule has 0 saturated carbocycles. The second kappa shape index (κ2) is 5.73. The number of fused-ring (bicyclic) bond motifs is 1. The molecule has 0 amide bonds. The van der Waals surface area contributed by atoms with Gasteiger partial charge in [-0.05, 0) is 17.7 Å². The summed E-state index contributed by atoms with van der Waals surface area (Å²) in [5.41, 5.74) is 2.20. The molecule has 2 aromatic carbocycles. The monoisotopic (exact) mass is 291 g/mol. The van der Waals surface area contributed by atoms with E-state index in [0.29, 0.717) is 6.61 Å². The van der Waals surface area contributed by atoms with E-state index < -0.39 is 0 Å². The van der Waals surface area contributed by atoms with Gasteiger partial charge in [0.25, 0.3) is 0 Å². The van der Waals surface area contributed by atoms with Gasteiger partial charge in [-0.25, -0.2) is 9.97 Å². The minimum absolute atomic E-state index is 0.0867. The number of ether oxygens (including phenoxy) is 1. The number of rotatable bonds is 2. The van der Waals surface area contributed by atoms with E-state index in [2.05, 4.69) is 45.2 Å². The van der Waals surface area contributed by atoms with E-state index >= 15 is 0 Å². The van der Waals surface area contributed by atoms with Crippen LogP contribution in [0.15, 0.2) is 60.9 Å². The summed E-state index contributed by atoms with van der Waals surface area (Å²) in [4.78, 5) is 11.2. The van der Waals surface area contributed by atoms with Crippen molar-refractivity contribution in [3.63, 3.8) is 0 Å². The number of hydrogen-bond donors (Lipinski definition) is 0. The minimum Gasteiger partial charge on any atom is -0.370 e. The highest BCUT2D eigenvalue weighted by Gasteiger charge is 2.23. The molecule has 4 heteroatoms. The topological polar surface area (TPSA) is 38.2 Å². The normalized spacial score (nSPS) is 18.5. The molecule has 1 aliphatic rings. The van der Waals surface area contributed by atoms with E-state index in [-0.39, 0.29) is 6.10 Å². The number of benzene rings is 2. The maximum Gasteiger partial charge on any atom is 0.140 e. The van der Waals surface area contributed by atoms with E-state index in [1.807, 2.05) is 24.3 Å². The number of morpholine rings is 1. The molecule has 0 unspecified atom stereocenters. The third-order valence-electron chi connectivity index (χ3n) is 4.06. The summed E-state index contributed by atoms with van der Waals surface area (Å²) in [7, 11) is 0. The second-order valence-electron chi connectivity index (χ2n) is 5.43. The summed E-state index contributed by atoms with van der Waals surface area (Å²) < 4.78 is 5.94. The fourth-order valence-corrected chi connectivity index (χ4v) is 2.95. The van der Waals surface area contributed by atoms with Crippen molar-refractivity contribution in [2.24, 2.45) is 0 Å². The molecule has 22 heavy (non-hydrogen) atoms. The smallest absolute Gasteiger partial charge is 0.140 e. The summed E-state index contributed by atoms with van der Waals surface area (Å²) in [5, 5.41) is 1.10. The summed E-state index contributed by atoms with van der Waals surface area (Å²) in [5.74, 6) is 0.995. The van der Waals surface area contributed by atoms with Gasteiger partial charge in [0.05, 0.1) is 12.1 Å². The van der Waals surface area contributed by atoms with Crippen LogP contribution in [0.4, 0.5) is 5.82 Å². The first-order valence-electron chi connectivity index (χ1n) is 7.53. The number of nitrogens with zero attached hydrogens (tertiary/aromatic N) is 3. The van der Waals surface area contributed by atoms with Gasteiger partial charge in [-0.15, -0.1) is 0 Å². The van der Waals surface area contributed by atoms with Crippen molar-refractivity contribution in [2.45, 2.75) is 6.10 Å². The molecule has 1 fully saturated rings. The van der Waals surface area contributed by atoms with Crippen molar-refractivity contribution >= 4 is 16.7 Å². The molecule has 1 aromatic heterocycles. The van der Waals surface area contributed by atoms with E-state index in [4.69, 9.17) is 4.74 Å². The Kier molecular flexibility index (Phi) is 3.45. The molecule has 1 atom stereocenters. The van der Waals surface area contributed by atoms with Crippen LogP contribution in [0.2, 0.25) is 0 Å². The van der Waals surface area contributed by atoms with Crippen LogP contribution in [0.1, 0.15) is 11.7 Å². The van der Waals surface area contributed by atoms with Gasteiger partial charge >= 0.3 is 0 Å². The highest BCUT2D eigenvalue weighted by atomic mass is 16.5. The van der Waals surface area contributed by atoms with Crippen LogP contribution in [0.25, 0.3) is 10.9 Å². The Morgan fingerprint density at radius 1 is 0.955 bits per heavy atom. The fraction of sp³-hybridized carbons (Fsp3) is 0.222. The van der Waals surface area contributed by atoms with Gasteiger partial charge in [0.2, 0.25) is 0 Å². The van der Waals surface area contributed by atoms with Crippen molar-refractivity contribution in [2.75, 3.05) is 24.6 Å². The van der Waals surface area contributed by atoms with Crippen LogP contribution in [0.5, 0.6) is 0 Å². The summed E-state index contributed by atoms with van der Waals surface area (Å²) in [6.45, 7) is 2.37. The zero-order valence-electron chi connectivity index (χ0n) is 12.2. The zero-order chi connectivity index (χ0) is 14.8. The maximum absolute atomic E-state index is 5.94. The predicted octanol–water partition coefficient (Wildman–Crippen LogP) is 3.21. The van der Waals surface area contributed by atoms with Gasteiger partial charge in [0.1, 0.15) is 18.2 Å². The largest absolute Gasteiger partial charge is 0.370 e. The van der Waals surface area contributed by atoms with Crippen molar-refractivity contribution in [3.05, 3.63) is 66.5 Å². The quantitative estimate of drug-likeness (QED) is 0.726. The van der Waals surface area contributed by atoms with Crippen molar-refractivity contribution in [1.82, 2.24) is 9.97 Å². The molecule has 3 aromatic rings. The Bertz CT molecular complexity index is 770. The third-order valence-corrected chi connectivity index (χ3v) is 4.06. The van der Waals surface area contributed by atoms with Gasteiger partial charge in [0, 0.05) is 18.5 Å². The molecule has 1 saturated heterocycles. The van der Waals surface area contributed by atoms with Gasteiger partial charge in [-0.1, -0.05) is 42.5 Å². The highest BCUT2D eigenvalue weighted by molar-refractivity contribution is 5.89. The van der Waals surface area contributed by atoms with Crippen LogP contribution >= 0.6 is 0 Å². The second-order valence-corrected chi connectivity index (χ2v) is 5.43. The van der Waals surface area contributed by atoms with E-state index in [9.17, 15) is 0 Å². The van der Waals surface area contributed by atoms with Crippen molar-refractivity contribution < 1.29 is 4.74 Å². The SMILES string of the molecule is c1ccc([C@@H]2CN(c3ncnc4ccccc34)CCO2)cc1. The zero-order valence-corrected chi connectivity index (χ0v) is 12.2. The molecule has 0 N–H and O–H groups in total. The molecule has 0 spiro atoms. The number of anilines is 1. The molecule has 1 aliphatic heterocycles. The number of para-hydroxylation sites is 1. The van der Waals surface area contributed by atoms with Crippen LogP contribution in [0.3, 0.4) is 0 Å². The van der Waals surface area contributed by atoms with Gasteiger partial charge in [-0.2, -0.15) is 0 Å². The highest BCUT2D eigenvalue weighted by Crippen LogP contribution is 2.28.